The van der Waals surface area contributed by atoms with E-state index in [4.69, 9.17) is 10.00 Å². The number of nitriles is 1. The van der Waals surface area contributed by atoms with Gasteiger partial charge in [0.1, 0.15) is 0 Å². The molecule has 1 N–H and O–H groups in total. The average molecular weight is 238 g/mol. The topological polar surface area (TPSA) is 45.0 Å². The molecule has 0 spiro atoms. The van der Waals surface area contributed by atoms with Gasteiger partial charge in [-0.05, 0) is 53.5 Å². The number of nitrogens with zero attached hydrogens (tertiary/aromatic N) is 1. The highest BCUT2D eigenvalue weighted by Crippen LogP contribution is 2.25. The molecule has 0 aromatic rings. The van der Waals surface area contributed by atoms with E-state index in [0.29, 0.717) is 6.10 Å². The molecule has 1 aliphatic heterocycles. The summed E-state index contributed by atoms with van der Waals surface area (Å²) in [5.74, 6) is 0. The molecule has 1 fully saturated rings. The number of hydrogen-bond acceptors (Lipinski definition) is 3. The van der Waals surface area contributed by atoms with E-state index in [-0.39, 0.29) is 11.0 Å². The minimum absolute atomic E-state index is 0.144. The molecule has 0 amide bonds. The van der Waals surface area contributed by atoms with E-state index < -0.39 is 0 Å². The van der Waals surface area contributed by atoms with E-state index in [1.807, 2.05) is 13.8 Å². The van der Waals surface area contributed by atoms with Crippen LogP contribution in [-0.4, -0.2) is 24.8 Å². The molecule has 1 saturated heterocycles. The molecular formula is C14H26N2O. The monoisotopic (exact) mass is 238 g/mol. The SMILES string of the molecule is CC1OCCC1(C)NCCCCC(C)(C)C#N. The maximum atomic E-state index is 8.92. The van der Waals surface area contributed by atoms with Crippen LogP contribution in [0.25, 0.3) is 0 Å². The van der Waals surface area contributed by atoms with E-state index >= 15 is 0 Å². The summed E-state index contributed by atoms with van der Waals surface area (Å²) in [4.78, 5) is 0. The standard InChI is InChI=1S/C14H26N2O/c1-12-14(4,8-10-17-12)16-9-6-5-7-13(2,3)11-15/h12,16H,5-10H2,1-4H3. The van der Waals surface area contributed by atoms with Gasteiger partial charge >= 0.3 is 0 Å². The van der Waals surface area contributed by atoms with Crippen LogP contribution < -0.4 is 5.32 Å². The summed E-state index contributed by atoms with van der Waals surface area (Å²) < 4.78 is 5.59. The Labute approximate surface area is 106 Å². The third-order valence-corrected chi connectivity index (χ3v) is 3.95. The van der Waals surface area contributed by atoms with Gasteiger partial charge in [-0.1, -0.05) is 6.42 Å². The van der Waals surface area contributed by atoms with Gasteiger partial charge < -0.3 is 10.1 Å². The fraction of sp³-hybridized carbons (Fsp3) is 0.929. The Hall–Kier alpha value is -0.590. The highest BCUT2D eigenvalue weighted by atomic mass is 16.5. The second-order valence-corrected chi connectivity index (χ2v) is 6.06. The van der Waals surface area contributed by atoms with Crippen molar-refractivity contribution in [2.45, 2.75) is 65.0 Å². The second-order valence-electron chi connectivity index (χ2n) is 6.06. The van der Waals surface area contributed by atoms with Gasteiger partial charge in [-0.15, -0.1) is 0 Å². The van der Waals surface area contributed by atoms with Gasteiger partial charge in [-0.2, -0.15) is 5.26 Å². The lowest BCUT2D eigenvalue weighted by Gasteiger charge is -2.29. The number of unbranched alkanes of at least 4 members (excludes halogenated alkanes) is 1. The molecule has 0 bridgehead atoms. The Kier molecular flexibility index (Phi) is 4.97. The molecule has 0 aliphatic carbocycles. The third-order valence-electron chi connectivity index (χ3n) is 3.95. The van der Waals surface area contributed by atoms with Crippen LogP contribution in [0, 0.1) is 16.7 Å². The van der Waals surface area contributed by atoms with E-state index in [1.165, 1.54) is 0 Å². The summed E-state index contributed by atoms with van der Waals surface area (Å²) in [6.45, 7) is 10.3. The number of ether oxygens (including phenoxy) is 1. The van der Waals surface area contributed by atoms with E-state index in [2.05, 4.69) is 25.2 Å². The highest BCUT2D eigenvalue weighted by Gasteiger charge is 2.36. The van der Waals surface area contributed by atoms with Gasteiger partial charge in [-0.3, -0.25) is 0 Å². The first-order valence-corrected chi connectivity index (χ1v) is 6.67. The molecule has 1 aliphatic rings. The van der Waals surface area contributed by atoms with Crippen molar-refractivity contribution in [1.29, 1.82) is 5.26 Å². The molecule has 1 heterocycles. The number of nitrogens with one attached hydrogen (secondary N) is 1. The molecule has 2 atom stereocenters. The van der Waals surface area contributed by atoms with Crippen molar-refractivity contribution in [3.63, 3.8) is 0 Å². The van der Waals surface area contributed by atoms with Crippen molar-refractivity contribution in [2.75, 3.05) is 13.2 Å². The first-order chi connectivity index (χ1) is 7.90. The number of hydrogen-bond donors (Lipinski definition) is 1. The van der Waals surface area contributed by atoms with Crippen molar-refractivity contribution in [3.05, 3.63) is 0 Å². The van der Waals surface area contributed by atoms with Gasteiger partial charge in [-0.25, -0.2) is 0 Å². The number of rotatable bonds is 6. The normalized spacial score (nSPS) is 29.2. The zero-order valence-electron chi connectivity index (χ0n) is 11.7. The van der Waals surface area contributed by atoms with E-state index in [1.54, 1.807) is 0 Å². The maximum absolute atomic E-state index is 8.92. The molecule has 3 nitrogen and oxygen atoms in total. The maximum Gasteiger partial charge on any atom is 0.0726 e. The van der Waals surface area contributed by atoms with E-state index in [0.717, 1.165) is 38.8 Å². The Balaban J connectivity index is 2.15. The lowest BCUT2D eigenvalue weighted by atomic mass is 9.89. The Bertz CT molecular complexity index is 282. The summed E-state index contributed by atoms with van der Waals surface area (Å²) in [5, 5.41) is 12.5. The summed E-state index contributed by atoms with van der Waals surface area (Å²) in [6.07, 6.45) is 4.62. The Morgan fingerprint density at radius 3 is 2.71 bits per heavy atom. The summed E-state index contributed by atoms with van der Waals surface area (Å²) in [5.41, 5.74) is -0.0294. The lowest BCUT2D eigenvalue weighted by Crippen LogP contribution is -2.48. The predicted molar refractivity (Wildman–Crippen MR) is 69.7 cm³/mol. The summed E-state index contributed by atoms with van der Waals surface area (Å²) >= 11 is 0. The van der Waals surface area contributed by atoms with Gasteiger partial charge in [0.05, 0.1) is 17.6 Å². The summed E-state index contributed by atoms with van der Waals surface area (Å²) in [6, 6.07) is 2.35. The van der Waals surface area contributed by atoms with Crippen molar-refractivity contribution in [2.24, 2.45) is 5.41 Å². The molecule has 1 rings (SSSR count). The van der Waals surface area contributed by atoms with Gasteiger partial charge in [0.25, 0.3) is 0 Å². The predicted octanol–water partition coefficient (Wildman–Crippen LogP) is 2.86. The zero-order valence-corrected chi connectivity index (χ0v) is 11.7. The van der Waals surface area contributed by atoms with Gasteiger partial charge in [0, 0.05) is 12.1 Å². The first kappa shape index (κ1) is 14.5. The van der Waals surface area contributed by atoms with Crippen LogP contribution in [0.3, 0.4) is 0 Å². The van der Waals surface area contributed by atoms with E-state index in [9.17, 15) is 0 Å². The molecular weight excluding hydrogens is 212 g/mol. The Morgan fingerprint density at radius 1 is 1.47 bits per heavy atom. The van der Waals surface area contributed by atoms with Crippen molar-refractivity contribution >= 4 is 0 Å². The van der Waals surface area contributed by atoms with Gasteiger partial charge in [0.2, 0.25) is 0 Å². The quantitative estimate of drug-likeness (QED) is 0.724. The van der Waals surface area contributed by atoms with Gasteiger partial charge in [0.15, 0.2) is 0 Å². The van der Waals surface area contributed by atoms with Crippen LogP contribution in [-0.2, 0) is 4.74 Å². The van der Waals surface area contributed by atoms with Crippen LogP contribution in [0.5, 0.6) is 0 Å². The van der Waals surface area contributed by atoms with Crippen LogP contribution in [0.4, 0.5) is 0 Å². The van der Waals surface area contributed by atoms with Crippen LogP contribution in [0.2, 0.25) is 0 Å². The van der Waals surface area contributed by atoms with Crippen molar-refractivity contribution in [3.8, 4) is 6.07 Å². The minimum Gasteiger partial charge on any atom is -0.377 e. The van der Waals surface area contributed by atoms with Crippen molar-refractivity contribution in [1.82, 2.24) is 5.32 Å². The summed E-state index contributed by atoms with van der Waals surface area (Å²) in [7, 11) is 0. The average Bonchev–Trinajstić information content (AvgIpc) is 2.59. The Morgan fingerprint density at radius 2 is 2.18 bits per heavy atom. The zero-order chi connectivity index (χ0) is 12.9. The fourth-order valence-corrected chi connectivity index (χ4v) is 2.19. The van der Waals surface area contributed by atoms with Crippen LogP contribution in [0.1, 0.15) is 53.4 Å². The minimum atomic E-state index is -0.173. The van der Waals surface area contributed by atoms with Crippen LogP contribution in [0.15, 0.2) is 0 Å². The molecule has 98 valence electrons. The molecule has 0 aromatic heterocycles. The molecule has 17 heavy (non-hydrogen) atoms. The molecule has 0 radical (unpaired) electrons. The molecule has 0 aromatic carbocycles. The molecule has 0 saturated carbocycles. The fourth-order valence-electron chi connectivity index (χ4n) is 2.19. The second kappa shape index (κ2) is 5.84. The first-order valence-electron chi connectivity index (χ1n) is 6.67. The van der Waals surface area contributed by atoms with Crippen molar-refractivity contribution < 1.29 is 4.74 Å². The third kappa shape index (κ3) is 4.29. The highest BCUT2D eigenvalue weighted by molar-refractivity contribution is 4.94. The molecule has 2 unspecified atom stereocenters. The lowest BCUT2D eigenvalue weighted by molar-refractivity contribution is 0.0886. The van der Waals surface area contributed by atoms with Crippen LogP contribution >= 0.6 is 0 Å². The molecule has 3 heteroatoms. The smallest absolute Gasteiger partial charge is 0.0726 e. The largest absolute Gasteiger partial charge is 0.377 e.